The van der Waals surface area contributed by atoms with Crippen LogP contribution in [0.1, 0.15) is 6.42 Å². The summed E-state index contributed by atoms with van der Waals surface area (Å²) in [6, 6.07) is 1.66. The fraction of sp³-hybridized carbons (Fsp3) is 0.600. The van der Waals surface area contributed by atoms with Gasteiger partial charge in [0.2, 0.25) is 5.88 Å². The molecule has 1 fully saturated rings. The number of ether oxygens (including phenoxy) is 1. The van der Waals surface area contributed by atoms with Crippen LogP contribution in [0.5, 0.6) is 5.88 Å². The minimum atomic E-state index is 0.430. The third-order valence-electron chi connectivity index (χ3n) is 2.46. The van der Waals surface area contributed by atoms with Crippen molar-refractivity contribution in [2.75, 3.05) is 26.0 Å². The van der Waals surface area contributed by atoms with Crippen molar-refractivity contribution < 1.29 is 4.74 Å². The SMILES string of the molecule is CSc1nc(Cl)cc(OC[C@@H]2CCNC2)n1. The van der Waals surface area contributed by atoms with Gasteiger partial charge in [-0.15, -0.1) is 0 Å². The van der Waals surface area contributed by atoms with Gasteiger partial charge >= 0.3 is 0 Å². The molecule has 1 saturated heterocycles. The third kappa shape index (κ3) is 3.23. The zero-order valence-electron chi connectivity index (χ0n) is 9.07. The Balaban J connectivity index is 1.94. The summed E-state index contributed by atoms with van der Waals surface area (Å²) in [6.07, 6.45) is 3.07. The number of aromatic nitrogens is 2. The van der Waals surface area contributed by atoms with Gasteiger partial charge in [0.1, 0.15) is 5.15 Å². The lowest BCUT2D eigenvalue weighted by Crippen LogP contribution is -2.16. The summed E-state index contributed by atoms with van der Waals surface area (Å²) in [5, 5.41) is 4.37. The van der Waals surface area contributed by atoms with Gasteiger partial charge in [-0.1, -0.05) is 23.4 Å². The molecule has 0 amide bonds. The quantitative estimate of drug-likeness (QED) is 0.508. The van der Waals surface area contributed by atoms with Gasteiger partial charge in [-0.3, -0.25) is 0 Å². The molecular formula is C10H14ClN3OS. The van der Waals surface area contributed by atoms with Gasteiger partial charge in [0.25, 0.3) is 0 Å². The first-order valence-electron chi connectivity index (χ1n) is 5.20. The highest BCUT2D eigenvalue weighted by Gasteiger charge is 2.15. The van der Waals surface area contributed by atoms with Gasteiger partial charge in [0, 0.05) is 18.5 Å². The number of nitrogens with zero attached hydrogens (tertiary/aromatic N) is 2. The molecule has 0 unspecified atom stereocenters. The van der Waals surface area contributed by atoms with E-state index in [1.165, 1.54) is 11.8 Å². The van der Waals surface area contributed by atoms with E-state index in [-0.39, 0.29) is 0 Å². The zero-order valence-corrected chi connectivity index (χ0v) is 10.6. The molecule has 0 spiro atoms. The summed E-state index contributed by atoms with van der Waals surface area (Å²) < 4.78 is 5.62. The largest absolute Gasteiger partial charge is 0.477 e. The number of hydrogen-bond donors (Lipinski definition) is 1. The van der Waals surface area contributed by atoms with Crippen LogP contribution in [0.15, 0.2) is 11.2 Å². The van der Waals surface area contributed by atoms with E-state index in [1.54, 1.807) is 6.07 Å². The van der Waals surface area contributed by atoms with Gasteiger partial charge in [-0.2, -0.15) is 4.98 Å². The second-order valence-corrected chi connectivity index (χ2v) is 4.85. The second kappa shape index (κ2) is 5.70. The van der Waals surface area contributed by atoms with Crippen molar-refractivity contribution in [2.45, 2.75) is 11.6 Å². The molecule has 1 aromatic rings. The maximum absolute atomic E-state index is 5.87. The number of halogens is 1. The van der Waals surface area contributed by atoms with Gasteiger partial charge in [0.15, 0.2) is 5.16 Å². The van der Waals surface area contributed by atoms with E-state index >= 15 is 0 Å². The van der Waals surface area contributed by atoms with Crippen molar-refractivity contribution in [2.24, 2.45) is 5.92 Å². The average molecular weight is 260 g/mol. The average Bonchev–Trinajstić information content (AvgIpc) is 2.78. The monoisotopic (exact) mass is 259 g/mol. The van der Waals surface area contributed by atoms with Crippen LogP contribution in [-0.2, 0) is 0 Å². The molecule has 88 valence electrons. The van der Waals surface area contributed by atoms with Crippen LogP contribution < -0.4 is 10.1 Å². The Bertz CT molecular complexity index is 358. The summed E-state index contributed by atoms with van der Waals surface area (Å²) in [5.74, 6) is 1.14. The van der Waals surface area contributed by atoms with Gasteiger partial charge in [-0.25, -0.2) is 4.98 Å². The molecule has 0 radical (unpaired) electrons. The molecule has 1 atom stereocenters. The van der Waals surface area contributed by atoms with Gasteiger partial charge in [0.05, 0.1) is 6.61 Å². The minimum Gasteiger partial charge on any atom is -0.477 e. The Hall–Kier alpha value is -0.520. The molecule has 6 heteroatoms. The maximum atomic E-state index is 5.87. The Morgan fingerprint density at radius 2 is 2.50 bits per heavy atom. The van der Waals surface area contributed by atoms with E-state index < -0.39 is 0 Å². The summed E-state index contributed by atoms with van der Waals surface area (Å²) >= 11 is 7.32. The Kier molecular flexibility index (Phi) is 4.26. The molecule has 1 aliphatic heterocycles. The molecule has 0 bridgehead atoms. The Morgan fingerprint density at radius 3 is 3.19 bits per heavy atom. The molecule has 1 aliphatic rings. The molecule has 2 rings (SSSR count). The van der Waals surface area contributed by atoms with Crippen molar-refractivity contribution in [1.29, 1.82) is 0 Å². The van der Waals surface area contributed by atoms with Crippen LogP contribution in [-0.4, -0.2) is 35.9 Å². The standard InChI is InChI=1S/C10H14ClN3OS/c1-16-10-13-8(11)4-9(14-10)15-6-7-2-3-12-5-7/h4,7,12H,2-3,5-6H2,1H3/t7-/m1/s1. The molecule has 4 nitrogen and oxygen atoms in total. The number of rotatable bonds is 4. The fourth-order valence-corrected chi connectivity index (χ4v) is 2.20. The second-order valence-electron chi connectivity index (χ2n) is 3.69. The van der Waals surface area contributed by atoms with E-state index in [1.807, 2.05) is 6.26 Å². The maximum Gasteiger partial charge on any atom is 0.218 e. The highest BCUT2D eigenvalue weighted by atomic mass is 35.5. The van der Waals surface area contributed by atoms with E-state index in [9.17, 15) is 0 Å². The first kappa shape index (κ1) is 12.0. The Labute approximate surface area is 104 Å². The molecule has 16 heavy (non-hydrogen) atoms. The number of hydrogen-bond acceptors (Lipinski definition) is 5. The first-order valence-corrected chi connectivity index (χ1v) is 6.80. The summed E-state index contributed by atoms with van der Waals surface area (Å²) in [5.41, 5.74) is 0. The lowest BCUT2D eigenvalue weighted by Gasteiger charge is -2.10. The summed E-state index contributed by atoms with van der Waals surface area (Å²) in [7, 11) is 0. The topological polar surface area (TPSA) is 47.0 Å². The molecule has 1 aromatic heterocycles. The summed E-state index contributed by atoms with van der Waals surface area (Å²) in [6.45, 7) is 2.79. The molecule has 0 aliphatic carbocycles. The smallest absolute Gasteiger partial charge is 0.218 e. The normalized spacial score (nSPS) is 20.0. The fourth-order valence-electron chi connectivity index (χ4n) is 1.60. The molecule has 0 aromatic carbocycles. The van der Waals surface area contributed by atoms with Crippen molar-refractivity contribution in [3.05, 3.63) is 11.2 Å². The van der Waals surface area contributed by atoms with Crippen LogP contribution in [0.4, 0.5) is 0 Å². The van der Waals surface area contributed by atoms with Crippen molar-refractivity contribution in [1.82, 2.24) is 15.3 Å². The van der Waals surface area contributed by atoms with Gasteiger partial charge < -0.3 is 10.1 Å². The van der Waals surface area contributed by atoms with Crippen molar-refractivity contribution >= 4 is 23.4 Å². The van der Waals surface area contributed by atoms with Crippen molar-refractivity contribution in [3.63, 3.8) is 0 Å². The van der Waals surface area contributed by atoms with Crippen molar-refractivity contribution in [3.8, 4) is 5.88 Å². The predicted octanol–water partition coefficient (Wildman–Crippen LogP) is 1.84. The summed E-state index contributed by atoms with van der Waals surface area (Å²) in [4.78, 5) is 8.29. The zero-order chi connectivity index (χ0) is 11.4. The molecule has 1 N–H and O–H groups in total. The molecular weight excluding hydrogens is 246 g/mol. The lowest BCUT2D eigenvalue weighted by atomic mass is 10.1. The van der Waals surface area contributed by atoms with E-state index in [0.29, 0.717) is 28.7 Å². The highest BCUT2D eigenvalue weighted by molar-refractivity contribution is 7.98. The molecule has 2 heterocycles. The minimum absolute atomic E-state index is 0.430. The number of nitrogens with one attached hydrogen (secondary N) is 1. The van der Waals surface area contributed by atoms with Crippen LogP contribution in [0, 0.1) is 5.92 Å². The molecule has 0 saturated carbocycles. The van der Waals surface area contributed by atoms with Crippen LogP contribution in [0.3, 0.4) is 0 Å². The van der Waals surface area contributed by atoms with Gasteiger partial charge in [-0.05, 0) is 19.2 Å². The van der Waals surface area contributed by atoms with Crippen LogP contribution >= 0.6 is 23.4 Å². The van der Waals surface area contributed by atoms with Crippen LogP contribution in [0.2, 0.25) is 5.15 Å². The third-order valence-corrected chi connectivity index (χ3v) is 3.20. The van der Waals surface area contributed by atoms with E-state index in [2.05, 4.69) is 15.3 Å². The van der Waals surface area contributed by atoms with Crippen LogP contribution in [0.25, 0.3) is 0 Å². The first-order chi connectivity index (χ1) is 7.78. The lowest BCUT2D eigenvalue weighted by molar-refractivity contribution is 0.249. The Morgan fingerprint density at radius 1 is 1.62 bits per heavy atom. The predicted molar refractivity (Wildman–Crippen MR) is 65.3 cm³/mol. The van der Waals surface area contributed by atoms with E-state index in [0.717, 1.165) is 19.5 Å². The highest BCUT2D eigenvalue weighted by Crippen LogP contribution is 2.19. The number of thioether (sulfide) groups is 1. The van der Waals surface area contributed by atoms with E-state index in [4.69, 9.17) is 16.3 Å².